The van der Waals surface area contributed by atoms with Crippen LogP contribution < -0.4 is 15.4 Å². The number of aryl methyl sites for hydroxylation is 3. The molecular formula is C26H28N4O3S. The van der Waals surface area contributed by atoms with Gasteiger partial charge in [-0.1, -0.05) is 19.1 Å². The number of carbonyl (C=O) groups is 1. The zero-order chi connectivity index (χ0) is 24.1. The molecule has 1 amide bonds. The maximum absolute atomic E-state index is 12.8. The van der Waals surface area contributed by atoms with Crippen LogP contribution in [0.3, 0.4) is 0 Å². The molecule has 0 saturated carbocycles. The van der Waals surface area contributed by atoms with E-state index in [0.717, 1.165) is 44.6 Å². The van der Waals surface area contributed by atoms with Crippen molar-refractivity contribution in [2.24, 2.45) is 0 Å². The predicted molar refractivity (Wildman–Crippen MR) is 135 cm³/mol. The first-order chi connectivity index (χ1) is 16.5. The molecule has 0 fully saturated rings. The van der Waals surface area contributed by atoms with Crippen LogP contribution in [0, 0.1) is 13.8 Å². The number of hydrogen-bond acceptors (Lipinski definition) is 7. The summed E-state index contributed by atoms with van der Waals surface area (Å²) in [7, 11) is 0. The molecule has 0 bridgehead atoms. The summed E-state index contributed by atoms with van der Waals surface area (Å²) >= 11 is 1.56. The molecular weight excluding hydrogens is 448 g/mol. The molecule has 34 heavy (non-hydrogen) atoms. The van der Waals surface area contributed by atoms with Crippen molar-refractivity contribution < 1.29 is 13.9 Å². The average Bonchev–Trinajstić information content (AvgIpc) is 3.48. The average molecular weight is 477 g/mol. The highest BCUT2D eigenvalue weighted by Gasteiger charge is 2.24. The van der Waals surface area contributed by atoms with Crippen LogP contribution in [0.15, 0.2) is 59.2 Å². The Morgan fingerprint density at radius 2 is 1.82 bits per heavy atom. The summed E-state index contributed by atoms with van der Waals surface area (Å²) in [5, 5.41) is 7.30. The van der Waals surface area contributed by atoms with Gasteiger partial charge >= 0.3 is 0 Å². The minimum atomic E-state index is -0.291. The Morgan fingerprint density at radius 1 is 1.09 bits per heavy atom. The Labute approximate surface area is 203 Å². The van der Waals surface area contributed by atoms with Crippen molar-refractivity contribution in [2.45, 2.75) is 40.2 Å². The Balaban J connectivity index is 1.75. The maximum Gasteiger partial charge on any atom is 0.291 e. The summed E-state index contributed by atoms with van der Waals surface area (Å²) in [5.41, 5.74) is 3.70. The smallest absolute Gasteiger partial charge is 0.291 e. The first-order valence-electron chi connectivity index (χ1n) is 11.3. The van der Waals surface area contributed by atoms with Gasteiger partial charge in [0.25, 0.3) is 5.91 Å². The predicted octanol–water partition coefficient (Wildman–Crippen LogP) is 6.16. The van der Waals surface area contributed by atoms with E-state index in [1.54, 1.807) is 23.5 Å². The van der Waals surface area contributed by atoms with Crippen molar-refractivity contribution in [1.82, 2.24) is 9.97 Å². The first kappa shape index (κ1) is 23.5. The Bertz CT molecular complexity index is 1230. The highest BCUT2D eigenvalue weighted by molar-refractivity contribution is 7.16. The lowest BCUT2D eigenvalue weighted by molar-refractivity contribution is 0.0997. The van der Waals surface area contributed by atoms with Gasteiger partial charge in [-0.25, -0.2) is 9.97 Å². The van der Waals surface area contributed by atoms with Gasteiger partial charge in [0.1, 0.15) is 10.8 Å². The van der Waals surface area contributed by atoms with Crippen LogP contribution in [-0.4, -0.2) is 22.5 Å². The van der Waals surface area contributed by atoms with Crippen molar-refractivity contribution in [3.05, 3.63) is 87.9 Å². The molecule has 1 atom stereocenters. The van der Waals surface area contributed by atoms with E-state index in [-0.39, 0.29) is 17.7 Å². The van der Waals surface area contributed by atoms with Crippen LogP contribution in [0.5, 0.6) is 5.75 Å². The molecule has 7 nitrogen and oxygen atoms in total. The van der Waals surface area contributed by atoms with E-state index in [4.69, 9.17) is 9.15 Å². The lowest BCUT2D eigenvalue weighted by Crippen LogP contribution is -2.18. The molecule has 0 aliphatic carbocycles. The number of hydrogen-bond donors (Lipinski definition) is 2. The van der Waals surface area contributed by atoms with E-state index < -0.39 is 0 Å². The molecule has 3 aromatic heterocycles. The van der Waals surface area contributed by atoms with E-state index in [2.05, 4.69) is 33.6 Å². The number of nitrogens with zero attached hydrogens (tertiary/aromatic N) is 2. The number of nitrogens with one attached hydrogen (secondary N) is 2. The van der Waals surface area contributed by atoms with Gasteiger partial charge in [0.15, 0.2) is 5.76 Å². The molecule has 0 saturated heterocycles. The van der Waals surface area contributed by atoms with Crippen molar-refractivity contribution >= 4 is 28.2 Å². The van der Waals surface area contributed by atoms with Gasteiger partial charge in [-0.15, -0.1) is 11.3 Å². The molecule has 176 valence electrons. The summed E-state index contributed by atoms with van der Waals surface area (Å²) in [6.45, 7) is 8.55. The van der Waals surface area contributed by atoms with Crippen molar-refractivity contribution in [3.8, 4) is 5.75 Å². The Morgan fingerprint density at radius 3 is 2.44 bits per heavy atom. The molecule has 8 heteroatoms. The zero-order valence-electron chi connectivity index (χ0n) is 19.7. The van der Waals surface area contributed by atoms with E-state index in [0.29, 0.717) is 12.6 Å². The van der Waals surface area contributed by atoms with Gasteiger partial charge in [-0.3, -0.25) is 4.79 Å². The topological polar surface area (TPSA) is 89.3 Å². The molecule has 0 spiro atoms. The molecule has 3 heterocycles. The lowest BCUT2D eigenvalue weighted by atomic mass is 9.99. The Hall–Kier alpha value is -3.65. The van der Waals surface area contributed by atoms with Crippen LogP contribution in [0.1, 0.15) is 57.8 Å². The second kappa shape index (κ2) is 10.5. The second-order valence-electron chi connectivity index (χ2n) is 7.84. The third kappa shape index (κ3) is 5.46. The number of anilines is 2. The minimum absolute atomic E-state index is 0.264. The van der Waals surface area contributed by atoms with Crippen LogP contribution in [0.25, 0.3) is 0 Å². The molecule has 1 unspecified atom stereocenters. The zero-order valence-corrected chi connectivity index (χ0v) is 20.5. The number of carbonyl (C=O) groups excluding carboxylic acids is 1. The fourth-order valence-corrected chi connectivity index (χ4v) is 4.73. The summed E-state index contributed by atoms with van der Waals surface area (Å²) < 4.78 is 10.9. The number of furan rings is 1. The lowest BCUT2D eigenvalue weighted by Gasteiger charge is -2.21. The quantitative estimate of drug-likeness (QED) is 0.301. The van der Waals surface area contributed by atoms with Crippen LogP contribution in [0.4, 0.5) is 10.9 Å². The number of aromatic nitrogens is 2. The fourth-order valence-electron chi connectivity index (χ4n) is 3.70. The SMILES string of the molecule is CCOc1ccc(C(Nc2nc(C)cc(C)n2)c2cc(CC)sc2NC(=O)c2ccco2)cc1. The highest BCUT2D eigenvalue weighted by Crippen LogP contribution is 2.38. The number of benzene rings is 1. The Kier molecular flexibility index (Phi) is 7.27. The maximum atomic E-state index is 12.8. The number of thiophene rings is 1. The van der Waals surface area contributed by atoms with Crippen LogP contribution in [0.2, 0.25) is 0 Å². The third-order valence-corrected chi connectivity index (χ3v) is 6.43. The number of ether oxygens (including phenoxy) is 1. The molecule has 4 aromatic rings. The second-order valence-corrected chi connectivity index (χ2v) is 8.97. The highest BCUT2D eigenvalue weighted by atomic mass is 32.1. The van der Waals surface area contributed by atoms with Crippen LogP contribution in [-0.2, 0) is 6.42 Å². The van der Waals surface area contributed by atoms with Gasteiger partial charge in [-0.2, -0.15) is 0 Å². The van der Waals surface area contributed by atoms with Crippen LogP contribution >= 0.6 is 11.3 Å². The first-order valence-corrected chi connectivity index (χ1v) is 12.1. The third-order valence-electron chi connectivity index (χ3n) is 5.22. The van der Waals surface area contributed by atoms with Gasteiger partial charge in [-0.05, 0) is 69.2 Å². The van der Waals surface area contributed by atoms with E-state index in [1.165, 1.54) is 6.26 Å². The molecule has 1 aromatic carbocycles. The molecule has 0 radical (unpaired) electrons. The van der Waals surface area contributed by atoms with Crippen molar-refractivity contribution in [1.29, 1.82) is 0 Å². The molecule has 4 rings (SSSR count). The molecule has 0 aliphatic heterocycles. The van der Waals surface area contributed by atoms with E-state index in [9.17, 15) is 4.79 Å². The standard InChI is InChI=1S/C26H28N4O3S/c1-5-20-15-21(25(34-20)30-24(31)22-8-7-13-33-22)23(18-9-11-19(12-10-18)32-6-2)29-26-27-16(3)14-17(4)28-26/h7-15,23H,5-6H2,1-4H3,(H,30,31)(H,27,28,29). The van der Waals surface area contributed by atoms with Gasteiger partial charge < -0.3 is 19.8 Å². The number of rotatable bonds is 9. The fraction of sp³-hybridized carbons (Fsp3) is 0.269. The van der Waals surface area contributed by atoms with E-state index >= 15 is 0 Å². The van der Waals surface area contributed by atoms with E-state index in [1.807, 2.05) is 51.1 Å². The summed E-state index contributed by atoms with van der Waals surface area (Å²) in [6.07, 6.45) is 2.34. The minimum Gasteiger partial charge on any atom is -0.494 e. The van der Waals surface area contributed by atoms with Crippen molar-refractivity contribution in [2.75, 3.05) is 17.2 Å². The summed E-state index contributed by atoms with van der Waals surface area (Å²) in [4.78, 5) is 23.1. The largest absolute Gasteiger partial charge is 0.494 e. The summed E-state index contributed by atoms with van der Waals surface area (Å²) in [5.74, 6) is 1.31. The normalized spacial score (nSPS) is 11.8. The summed E-state index contributed by atoms with van der Waals surface area (Å²) in [6, 6.07) is 15.1. The molecule has 2 N–H and O–H groups in total. The van der Waals surface area contributed by atoms with Gasteiger partial charge in [0.05, 0.1) is 18.9 Å². The molecule has 0 aliphatic rings. The van der Waals surface area contributed by atoms with Crippen molar-refractivity contribution in [3.63, 3.8) is 0 Å². The monoisotopic (exact) mass is 476 g/mol. The van der Waals surface area contributed by atoms with Gasteiger partial charge in [0.2, 0.25) is 5.95 Å². The number of amides is 1. The van der Waals surface area contributed by atoms with Gasteiger partial charge in [0, 0.05) is 21.8 Å².